The summed E-state index contributed by atoms with van der Waals surface area (Å²) in [4.78, 5) is 13.1. The first-order chi connectivity index (χ1) is 8.84. The van der Waals surface area contributed by atoms with Crippen LogP contribution in [0.15, 0.2) is 54.0 Å². The van der Waals surface area contributed by atoms with Gasteiger partial charge < -0.3 is 0 Å². The van der Waals surface area contributed by atoms with E-state index in [1.807, 2.05) is 36.9 Å². The van der Waals surface area contributed by atoms with Gasteiger partial charge in [0.25, 0.3) is 0 Å². The molecule has 0 bridgehead atoms. The number of hydrogen-bond donors (Lipinski definition) is 0. The van der Waals surface area contributed by atoms with Gasteiger partial charge >= 0.3 is 0 Å². The first kappa shape index (κ1) is 11.1. The van der Waals surface area contributed by atoms with E-state index in [1.165, 1.54) is 11.1 Å². The Balaban J connectivity index is 2.21. The fraction of sp³-hybridized carbons (Fsp3) is 0.267. The van der Waals surface area contributed by atoms with Gasteiger partial charge in [0.15, 0.2) is 0 Å². The van der Waals surface area contributed by atoms with E-state index in [9.17, 15) is 0 Å². The lowest BCUT2D eigenvalue weighted by molar-refractivity contribution is 0.663. The van der Waals surface area contributed by atoms with Crippen LogP contribution in [0.2, 0.25) is 0 Å². The summed E-state index contributed by atoms with van der Waals surface area (Å²) in [6.45, 7) is 2.97. The van der Waals surface area contributed by atoms with Gasteiger partial charge in [-0.05, 0) is 36.6 Å². The fourth-order valence-corrected chi connectivity index (χ4v) is 2.81. The Bertz CT molecular complexity index is 521. The van der Waals surface area contributed by atoms with Gasteiger partial charge in [-0.15, -0.1) is 0 Å². The summed E-state index contributed by atoms with van der Waals surface area (Å²) in [6.07, 6.45) is 8.49. The zero-order chi connectivity index (χ0) is 12.4. The minimum Gasteiger partial charge on any atom is -0.293 e. The van der Waals surface area contributed by atoms with Crippen molar-refractivity contribution in [3.63, 3.8) is 0 Å². The molecule has 0 spiro atoms. The van der Waals surface area contributed by atoms with E-state index in [-0.39, 0.29) is 5.41 Å². The Labute approximate surface area is 107 Å². The summed E-state index contributed by atoms with van der Waals surface area (Å²) in [6, 6.07) is 8.23. The third-order valence-electron chi connectivity index (χ3n) is 3.76. The normalized spacial score (nSPS) is 17.5. The molecule has 0 amide bonds. The molecule has 3 heterocycles. The van der Waals surface area contributed by atoms with Crippen LogP contribution in [0.1, 0.15) is 24.5 Å². The summed E-state index contributed by atoms with van der Waals surface area (Å²) in [7, 11) is 0. The van der Waals surface area contributed by atoms with E-state index < -0.39 is 0 Å². The summed E-state index contributed by atoms with van der Waals surface area (Å²) in [5.41, 5.74) is 3.43. The second-order valence-electron chi connectivity index (χ2n) is 4.61. The number of pyridine rings is 2. The van der Waals surface area contributed by atoms with Crippen LogP contribution in [0.25, 0.3) is 0 Å². The molecule has 0 unspecified atom stereocenters. The van der Waals surface area contributed by atoms with Gasteiger partial charge in [-0.2, -0.15) is 0 Å². The highest BCUT2D eigenvalue weighted by Gasteiger charge is 2.40. The molecular weight excluding hydrogens is 222 g/mol. The topological polar surface area (TPSA) is 38.1 Å². The molecule has 3 rings (SSSR count). The quantitative estimate of drug-likeness (QED) is 0.805. The third-order valence-corrected chi connectivity index (χ3v) is 3.76. The van der Waals surface area contributed by atoms with Crippen LogP contribution < -0.4 is 0 Å². The highest BCUT2D eigenvalue weighted by molar-refractivity contribution is 5.97. The number of nitrogens with zero attached hydrogens (tertiary/aromatic N) is 3. The number of aromatic nitrogens is 2. The SMILES string of the molecule is CC1=NCCC1(c1cccnc1)c1cccnc1. The molecule has 18 heavy (non-hydrogen) atoms. The zero-order valence-electron chi connectivity index (χ0n) is 10.4. The Morgan fingerprint density at radius 1 is 1.00 bits per heavy atom. The van der Waals surface area contributed by atoms with Crippen molar-refractivity contribution in [2.45, 2.75) is 18.8 Å². The first-order valence-electron chi connectivity index (χ1n) is 6.16. The maximum absolute atomic E-state index is 4.60. The number of aliphatic imine (C=N–C) groups is 1. The van der Waals surface area contributed by atoms with Crippen LogP contribution >= 0.6 is 0 Å². The lowest BCUT2D eigenvalue weighted by Gasteiger charge is -2.30. The van der Waals surface area contributed by atoms with Crippen molar-refractivity contribution >= 4 is 5.71 Å². The predicted molar refractivity (Wildman–Crippen MR) is 71.8 cm³/mol. The van der Waals surface area contributed by atoms with E-state index in [1.54, 1.807) is 0 Å². The smallest absolute Gasteiger partial charge is 0.0625 e. The van der Waals surface area contributed by atoms with Crippen LogP contribution in [0.3, 0.4) is 0 Å². The summed E-state index contributed by atoms with van der Waals surface area (Å²) in [5.74, 6) is 0. The average Bonchev–Trinajstić information content (AvgIpc) is 2.84. The van der Waals surface area contributed by atoms with Gasteiger partial charge in [0.1, 0.15) is 0 Å². The first-order valence-corrected chi connectivity index (χ1v) is 6.16. The molecule has 90 valence electrons. The molecule has 2 aromatic rings. The molecule has 0 atom stereocenters. The van der Waals surface area contributed by atoms with Gasteiger partial charge in [-0.25, -0.2) is 0 Å². The van der Waals surface area contributed by atoms with Crippen molar-refractivity contribution in [2.75, 3.05) is 6.54 Å². The molecule has 3 heteroatoms. The maximum atomic E-state index is 4.60. The molecule has 0 aliphatic carbocycles. The van der Waals surface area contributed by atoms with Gasteiger partial charge in [-0.1, -0.05) is 12.1 Å². The second-order valence-corrected chi connectivity index (χ2v) is 4.61. The minimum absolute atomic E-state index is 0.136. The van der Waals surface area contributed by atoms with E-state index >= 15 is 0 Å². The zero-order valence-corrected chi connectivity index (χ0v) is 10.4. The molecule has 0 fully saturated rings. The van der Waals surface area contributed by atoms with Crippen LogP contribution in [0, 0.1) is 0 Å². The number of rotatable bonds is 2. The van der Waals surface area contributed by atoms with Crippen molar-refractivity contribution < 1.29 is 0 Å². The molecule has 2 aromatic heterocycles. The maximum Gasteiger partial charge on any atom is 0.0625 e. The molecule has 0 aromatic carbocycles. The molecule has 1 aliphatic heterocycles. The van der Waals surface area contributed by atoms with Gasteiger partial charge in [-0.3, -0.25) is 15.0 Å². The van der Waals surface area contributed by atoms with Crippen molar-refractivity contribution in [3.8, 4) is 0 Å². The van der Waals surface area contributed by atoms with Gasteiger partial charge in [0.2, 0.25) is 0 Å². The Hall–Kier alpha value is -2.03. The minimum atomic E-state index is -0.136. The van der Waals surface area contributed by atoms with Crippen molar-refractivity contribution in [2.24, 2.45) is 4.99 Å². The molecular formula is C15H15N3. The standard InChI is InChI=1S/C15H15N3/c1-12-15(6-9-18-12,13-4-2-7-16-10-13)14-5-3-8-17-11-14/h2-5,7-8,10-11H,6,9H2,1H3. The lowest BCUT2D eigenvalue weighted by atomic mass is 9.71. The monoisotopic (exact) mass is 237 g/mol. The Kier molecular flexibility index (Phi) is 2.67. The van der Waals surface area contributed by atoms with Crippen molar-refractivity contribution in [1.29, 1.82) is 0 Å². The molecule has 0 N–H and O–H groups in total. The Morgan fingerprint density at radius 2 is 1.61 bits per heavy atom. The lowest BCUT2D eigenvalue weighted by Crippen LogP contribution is -2.32. The van der Waals surface area contributed by atoms with Crippen molar-refractivity contribution in [1.82, 2.24) is 9.97 Å². The average molecular weight is 237 g/mol. The van der Waals surface area contributed by atoms with Crippen molar-refractivity contribution in [3.05, 3.63) is 60.2 Å². The van der Waals surface area contributed by atoms with E-state index in [2.05, 4.69) is 34.0 Å². The van der Waals surface area contributed by atoms with Crippen LogP contribution in [-0.2, 0) is 5.41 Å². The number of hydrogen-bond acceptors (Lipinski definition) is 3. The summed E-state index contributed by atoms with van der Waals surface area (Å²) < 4.78 is 0. The summed E-state index contributed by atoms with van der Waals surface area (Å²) in [5, 5.41) is 0. The van der Waals surface area contributed by atoms with Crippen LogP contribution in [-0.4, -0.2) is 22.2 Å². The van der Waals surface area contributed by atoms with Crippen LogP contribution in [0.5, 0.6) is 0 Å². The second kappa shape index (κ2) is 4.33. The van der Waals surface area contributed by atoms with Gasteiger partial charge in [0, 0.05) is 37.0 Å². The van der Waals surface area contributed by atoms with E-state index in [0.29, 0.717) is 0 Å². The third kappa shape index (κ3) is 1.55. The Morgan fingerprint density at radius 3 is 2.00 bits per heavy atom. The molecule has 0 radical (unpaired) electrons. The predicted octanol–water partition coefficient (Wildman–Crippen LogP) is 2.63. The van der Waals surface area contributed by atoms with E-state index in [0.717, 1.165) is 18.7 Å². The van der Waals surface area contributed by atoms with Crippen LogP contribution in [0.4, 0.5) is 0 Å². The highest BCUT2D eigenvalue weighted by atomic mass is 14.8. The highest BCUT2D eigenvalue weighted by Crippen LogP contribution is 2.39. The molecule has 0 saturated carbocycles. The molecule has 1 aliphatic rings. The largest absolute Gasteiger partial charge is 0.293 e. The van der Waals surface area contributed by atoms with E-state index in [4.69, 9.17) is 0 Å². The molecule has 0 saturated heterocycles. The van der Waals surface area contributed by atoms with Gasteiger partial charge in [0.05, 0.1) is 5.41 Å². The summed E-state index contributed by atoms with van der Waals surface area (Å²) >= 11 is 0. The fourth-order valence-electron chi connectivity index (χ4n) is 2.81. The molecule has 3 nitrogen and oxygen atoms in total.